The van der Waals surface area contributed by atoms with Crippen LogP contribution in [-0.2, 0) is 10.0 Å². The molecule has 0 aliphatic carbocycles. The van der Waals surface area contributed by atoms with Crippen LogP contribution in [0.5, 0.6) is 11.5 Å². The Morgan fingerprint density at radius 3 is 2.33 bits per heavy atom. The third-order valence-electron chi connectivity index (χ3n) is 3.79. The maximum absolute atomic E-state index is 12.8. The van der Waals surface area contributed by atoms with Gasteiger partial charge in [0, 0.05) is 25.2 Å². The second-order valence-corrected chi connectivity index (χ2v) is 7.32. The topological polar surface area (TPSA) is 89.7 Å². The first-order chi connectivity index (χ1) is 11.5. The van der Waals surface area contributed by atoms with E-state index in [0.29, 0.717) is 18.8 Å². The molecule has 0 atom stereocenters. The SMILES string of the molecule is O=[N+]([O-])c1ccc(Oc2ccccc2)c(S(=O)(=O)N2CCCC2)c1. The molecule has 1 saturated heterocycles. The average Bonchev–Trinajstić information content (AvgIpc) is 3.11. The minimum absolute atomic E-state index is 0.0821. The third-order valence-corrected chi connectivity index (χ3v) is 5.71. The maximum Gasteiger partial charge on any atom is 0.271 e. The summed E-state index contributed by atoms with van der Waals surface area (Å²) in [5, 5.41) is 11.0. The van der Waals surface area contributed by atoms with Crippen molar-refractivity contribution in [1.82, 2.24) is 4.31 Å². The number of para-hydroxylation sites is 1. The summed E-state index contributed by atoms with van der Waals surface area (Å²) >= 11 is 0. The van der Waals surface area contributed by atoms with Crippen LogP contribution in [0.3, 0.4) is 0 Å². The van der Waals surface area contributed by atoms with Gasteiger partial charge in [0.15, 0.2) is 0 Å². The molecule has 1 heterocycles. The van der Waals surface area contributed by atoms with Crippen LogP contribution in [0.15, 0.2) is 53.4 Å². The molecule has 0 N–H and O–H groups in total. The minimum Gasteiger partial charge on any atom is -0.456 e. The highest BCUT2D eigenvalue weighted by Gasteiger charge is 2.31. The molecule has 1 aliphatic heterocycles. The van der Waals surface area contributed by atoms with E-state index < -0.39 is 14.9 Å². The van der Waals surface area contributed by atoms with E-state index in [1.807, 2.05) is 6.07 Å². The number of nitro benzene ring substituents is 1. The van der Waals surface area contributed by atoms with Crippen LogP contribution >= 0.6 is 0 Å². The van der Waals surface area contributed by atoms with E-state index in [0.717, 1.165) is 18.9 Å². The number of hydrogen-bond donors (Lipinski definition) is 0. The molecule has 1 fully saturated rings. The molecule has 0 bridgehead atoms. The van der Waals surface area contributed by atoms with Gasteiger partial charge < -0.3 is 4.74 Å². The monoisotopic (exact) mass is 348 g/mol. The average molecular weight is 348 g/mol. The van der Waals surface area contributed by atoms with Crippen molar-refractivity contribution in [3.8, 4) is 11.5 Å². The summed E-state index contributed by atoms with van der Waals surface area (Å²) in [5.74, 6) is 0.544. The van der Waals surface area contributed by atoms with E-state index in [1.54, 1.807) is 24.3 Å². The highest BCUT2D eigenvalue weighted by Crippen LogP contribution is 2.34. The van der Waals surface area contributed by atoms with Gasteiger partial charge in [-0.15, -0.1) is 0 Å². The Kier molecular flexibility index (Phi) is 4.50. The van der Waals surface area contributed by atoms with Crippen molar-refractivity contribution in [2.75, 3.05) is 13.1 Å². The molecule has 2 aromatic rings. The second-order valence-electron chi connectivity index (χ2n) is 5.41. The van der Waals surface area contributed by atoms with Crippen LogP contribution in [0.25, 0.3) is 0 Å². The highest BCUT2D eigenvalue weighted by molar-refractivity contribution is 7.89. The molecule has 0 saturated carbocycles. The van der Waals surface area contributed by atoms with Gasteiger partial charge in [-0.2, -0.15) is 4.31 Å². The smallest absolute Gasteiger partial charge is 0.271 e. The molecular weight excluding hydrogens is 332 g/mol. The quantitative estimate of drug-likeness (QED) is 0.611. The van der Waals surface area contributed by atoms with E-state index in [1.165, 1.54) is 16.4 Å². The number of hydrogen-bond acceptors (Lipinski definition) is 5. The van der Waals surface area contributed by atoms with Crippen molar-refractivity contribution < 1.29 is 18.1 Å². The summed E-state index contributed by atoms with van der Waals surface area (Å²) in [7, 11) is -3.84. The van der Waals surface area contributed by atoms with Gasteiger partial charge in [0.05, 0.1) is 4.92 Å². The van der Waals surface area contributed by atoms with E-state index in [4.69, 9.17) is 4.74 Å². The van der Waals surface area contributed by atoms with Gasteiger partial charge >= 0.3 is 0 Å². The Hall–Kier alpha value is -2.45. The van der Waals surface area contributed by atoms with Crippen molar-refractivity contribution in [3.05, 3.63) is 58.6 Å². The first-order valence-electron chi connectivity index (χ1n) is 7.50. The van der Waals surface area contributed by atoms with E-state index in [9.17, 15) is 18.5 Å². The van der Waals surface area contributed by atoms with Crippen LogP contribution < -0.4 is 4.74 Å². The number of benzene rings is 2. The van der Waals surface area contributed by atoms with Crippen LogP contribution in [0, 0.1) is 10.1 Å². The number of nitrogens with zero attached hydrogens (tertiary/aromatic N) is 2. The number of rotatable bonds is 5. The first kappa shape index (κ1) is 16.4. The Morgan fingerprint density at radius 2 is 1.71 bits per heavy atom. The number of nitro groups is 1. The molecule has 24 heavy (non-hydrogen) atoms. The molecule has 1 aliphatic rings. The van der Waals surface area contributed by atoms with Crippen LogP contribution in [0.2, 0.25) is 0 Å². The fourth-order valence-corrected chi connectivity index (χ4v) is 4.23. The van der Waals surface area contributed by atoms with Gasteiger partial charge in [0.25, 0.3) is 5.69 Å². The van der Waals surface area contributed by atoms with Crippen molar-refractivity contribution in [1.29, 1.82) is 0 Å². The van der Waals surface area contributed by atoms with Crippen molar-refractivity contribution in [2.45, 2.75) is 17.7 Å². The van der Waals surface area contributed by atoms with Gasteiger partial charge in [-0.25, -0.2) is 8.42 Å². The van der Waals surface area contributed by atoms with Gasteiger partial charge in [-0.1, -0.05) is 18.2 Å². The van der Waals surface area contributed by atoms with E-state index in [2.05, 4.69) is 0 Å². The third kappa shape index (κ3) is 3.24. The summed E-state index contributed by atoms with van der Waals surface area (Å²) in [5.41, 5.74) is -0.284. The molecule has 8 heteroatoms. The van der Waals surface area contributed by atoms with Crippen molar-refractivity contribution >= 4 is 15.7 Å². The second kappa shape index (κ2) is 6.58. The lowest BCUT2D eigenvalue weighted by molar-refractivity contribution is -0.385. The van der Waals surface area contributed by atoms with Crippen LogP contribution in [-0.4, -0.2) is 30.7 Å². The Balaban J connectivity index is 2.06. The first-order valence-corrected chi connectivity index (χ1v) is 8.94. The summed E-state index contributed by atoms with van der Waals surface area (Å²) in [6.45, 7) is 0.825. The Labute approximate surface area is 139 Å². The predicted octanol–water partition coefficient (Wildman–Crippen LogP) is 3.17. The van der Waals surface area contributed by atoms with Crippen molar-refractivity contribution in [2.24, 2.45) is 0 Å². The molecule has 0 unspecified atom stereocenters. The predicted molar refractivity (Wildman–Crippen MR) is 87.6 cm³/mol. The molecular formula is C16H16N2O5S. The zero-order chi connectivity index (χ0) is 17.2. The molecule has 3 rings (SSSR count). The lowest BCUT2D eigenvalue weighted by Gasteiger charge is -2.18. The summed E-state index contributed by atoms with van der Waals surface area (Å²) in [6, 6.07) is 12.3. The lowest BCUT2D eigenvalue weighted by Crippen LogP contribution is -2.28. The summed E-state index contributed by atoms with van der Waals surface area (Å²) in [6.07, 6.45) is 1.56. The molecule has 2 aromatic carbocycles. The molecule has 126 valence electrons. The fraction of sp³-hybridized carbons (Fsp3) is 0.250. The van der Waals surface area contributed by atoms with Gasteiger partial charge in [-0.3, -0.25) is 10.1 Å². The van der Waals surface area contributed by atoms with Crippen LogP contribution in [0.4, 0.5) is 5.69 Å². The number of ether oxygens (including phenoxy) is 1. The zero-order valence-corrected chi connectivity index (χ0v) is 13.6. The normalized spacial score (nSPS) is 15.3. The Bertz CT molecular complexity index is 846. The zero-order valence-electron chi connectivity index (χ0n) is 12.8. The summed E-state index contributed by atoms with van der Waals surface area (Å²) in [4.78, 5) is 10.2. The summed E-state index contributed by atoms with van der Waals surface area (Å²) < 4.78 is 32.7. The lowest BCUT2D eigenvalue weighted by atomic mass is 10.3. The molecule has 0 aromatic heterocycles. The van der Waals surface area contributed by atoms with E-state index in [-0.39, 0.29) is 16.3 Å². The largest absolute Gasteiger partial charge is 0.456 e. The molecule has 0 radical (unpaired) electrons. The highest BCUT2D eigenvalue weighted by atomic mass is 32.2. The standard InChI is InChI=1S/C16H16N2O5S/c19-18(20)13-8-9-15(23-14-6-2-1-3-7-14)16(12-13)24(21,22)17-10-4-5-11-17/h1-3,6-9,12H,4-5,10-11H2. The minimum atomic E-state index is -3.84. The fourth-order valence-electron chi connectivity index (χ4n) is 2.58. The molecule has 0 amide bonds. The number of non-ortho nitro benzene ring substituents is 1. The maximum atomic E-state index is 12.8. The van der Waals surface area contributed by atoms with E-state index >= 15 is 0 Å². The Morgan fingerprint density at radius 1 is 1.04 bits per heavy atom. The molecule has 7 nitrogen and oxygen atoms in total. The van der Waals surface area contributed by atoms with Gasteiger partial charge in [-0.05, 0) is 31.0 Å². The van der Waals surface area contributed by atoms with Gasteiger partial charge in [0.1, 0.15) is 16.4 Å². The van der Waals surface area contributed by atoms with Crippen molar-refractivity contribution in [3.63, 3.8) is 0 Å². The van der Waals surface area contributed by atoms with Gasteiger partial charge in [0.2, 0.25) is 10.0 Å². The van der Waals surface area contributed by atoms with Crippen LogP contribution in [0.1, 0.15) is 12.8 Å². The number of sulfonamides is 1. The molecule has 0 spiro atoms.